The fourth-order valence-electron chi connectivity index (χ4n) is 5.18. The number of ether oxygens (including phenoxy) is 1. The monoisotopic (exact) mass is 578 g/mol. The lowest BCUT2D eigenvalue weighted by Crippen LogP contribution is -2.50. The molecule has 2 amide bonds. The van der Waals surface area contributed by atoms with E-state index in [-0.39, 0.29) is 34.4 Å². The Bertz CT molecular complexity index is 1630. The number of amides is 2. The van der Waals surface area contributed by atoms with Gasteiger partial charge in [-0.3, -0.25) is 14.5 Å². The zero-order valence-corrected chi connectivity index (χ0v) is 23.3. The van der Waals surface area contributed by atoms with Crippen molar-refractivity contribution >= 4 is 23.7 Å². The molecule has 0 N–H and O–H groups in total. The van der Waals surface area contributed by atoms with Crippen LogP contribution < -0.4 is 4.74 Å². The minimum Gasteiger partial charge on any atom is -0.497 e. The highest BCUT2D eigenvalue weighted by Gasteiger charge is 2.39. The Labute approximate surface area is 240 Å². The van der Waals surface area contributed by atoms with E-state index in [0.29, 0.717) is 42.0 Å². The summed E-state index contributed by atoms with van der Waals surface area (Å²) in [7, 11) is 1.50. The summed E-state index contributed by atoms with van der Waals surface area (Å²) in [6, 6.07) is 15.8. The average molecular weight is 579 g/mol. The Balaban J connectivity index is 1.45. The zero-order valence-electron chi connectivity index (χ0n) is 23.3. The molecule has 0 aliphatic carbocycles. The smallest absolute Gasteiger partial charge is 0.433 e. The van der Waals surface area contributed by atoms with Gasteiger partial charge in [0.1, 0.15) is 11.3 Å². The van der Waals surface area contributed by atoms with Gasteiger partial charge in [-0.05, 0) is 36.8 Å². The number of carbonyl (C=O) groups is 2. The van der Waals surface area contributed by atoms with E-state index in [4.69, 9.17) is 4.74 Å². The van der Waals surface area contributed by atoms with Crippen molar-refractivity contribution in [2.24, 2.45) is 4.99 Å². The molecule has 0 radical (unpaired) electrons. The van der Waals surface area contributed by atoms with Crippen molar-refractivity contribution in [1.29, 1.82) is 0 Å². The topological polar surface area (TPSA) is 92.4 Å². The molecule has 5 rings (SSSR count). The molecular weight excluding hydrogens is 549 g/mol. The SMILES string of the molecule is COc1ccc(-c2nc3c(C(=O)N4CCN([C@@H](C=NC(C)=O)c5ccccc5)CC4)cnn3c(C(F)(F)F)c2C)cc1. The first-order valence-electron chi connectivity index (χ1n) is 13.3. The van der Waals surface area contributed by atoms with Crippen molar-refractivity contribution in [3.8, 4) is 17.0 Å². The number of fused-ring (bicyclic) bond motifs is 1. The van der Waals surface area contributed by atoms with E-state index in [1.165, 1.54) is 21.0 Å². The molecule has 2 aromatic heterocycles. The summed E-state index contributed by atoms with van der Waals surface area (Å²) in [6.45, 7) is 4.28. The zero-order chi connectivity index (χ0) is 30.0. The molecule has 218 valence electrons. The average Bonchev–Trinajstić information content (AvgIpc) is 3.39. The molecule has 1 aliphatic rings. The van der Waals surface area contributed by atoms with Crippen LogP contribution in [0, 0.1) is 6.92 Å². The molecule has 1 saturated heterocycles. The quantitative estimate of drug-likeness (QED) is 0.304. The van der Waals surface area contributed by atoms with Gasteiger partial charge in [-0.15, -0.1) is 0 Å². The molecule has 0 spiro atoms. The standard InChI is InChI=1S/C30H29F3N6O3/c1-19-26(22-9-11-23(42-3)12-10-22)36-28-24(17-35-39(28)27(19)30(31,32)33)29(41)38-15-13-37(14-16-38)25(18-34-20(2)40)21-7-5-4-6-8-21/h4-12,17-18,25H,13-16H2,1-3H3/t25-/m0/s1. The van der Waals surface area contributed by atoms with E-state index >= 15 is 0 Å². The predicted octanol–water partition coefficient (Wildman–Crippen LogP) is 4.85. The number of hydrogen-bond donors (Lipinski definition) is 0. The van der Waals surface area contributed by atoms with Crippen molar-refractivity contribution in [3.05, 3.63) is 83.2 Å². The van der Waals surface area contributed by atoms with Crippen LogP contribution in [0.5, 0.6) is 5.75 Å². The summed E-state index contributed by atoms with van der Waals surface area (Å²) < 4.78 is 48.7. The van der Waals surface area contributed by atoms with E-state index in [1.54, 1.807) is 35.4 Å². The lowest BCUT2D eigenvalue weighted by molar-refractivity contribution is -0.143. The first-order chi connectivity index (χ1) is 20.1. The lowest BCUT2D eigenvalue weighted by atomic mass is 10.0. The maximum atomic E-state index is 14.3. The number of aromatic nitrogens is 3. The van der Waals surface area contributed by atoms with Gasteiger partial charge in [0.15, 0.2) is 11.3 Å². The number of halogens is 3. The number of hydrogen-bond acceptors (Lipinski definition) is 6. The third-order valence-electron chi connectivity index (χ3n) is 7.28. The van der Waals surface area contributed by atoms with E-state index in [0.717, 1.165) is 11.8 Å². The van der Waals surface area contributed by atoms with Gasteiger partial charge in [-0.2, -0.15) is 18.3 Å². The van der Waals surface area contributed by atoms with E-state index < -0.39 is 17.8 Å². The van der Waals surface area contributed by atoms with Crippen LogP contribution in [0.2, 0.25) is 0 Å². The third kappa shape index (κ3) is 5.75. The molecule has 3 heterocycles. The van der Waals surface area contributed by atoms with Crippen LogP contribution in [0.3, 0.4) is 0 Å². The molecule has 12 heteroatoms. The highest BCUT2D eigenvalue weighted by molar-refractivity contribution is 6.00. The van der Waals surface area contributed by atoms with Gasteiger partial charge < -0.3 is 9.64 Å². The first-order valence-corrected chi connectivity index (χ1v) is 13.3. The van der Waals surface area contributed by atoms with E-state index in [9.17, 15) is 22.8 Å². The number of methoxy groups -OCH3 is 1. The fourth-order valence-corrected chi connectivity index (χ4v) is 5.18. The molecule has 1 atom stereocenters. The molecule has 2 aromatic carbocycles. The Kier molecular flexibility index (Phi) is 8.08. The molecule has 1 fully saturated rings. The molecular formula is C30H29F3N6O3. The lowest BCUT2D eigenvalue weighted by Gasteiger charge is -2.38. The van der Waals surface area contributed by atoms with Crippen LogP contribution in [-0.4, -0.2) is 75.7 Å². The molecule has 9 nitrogen and oxygen atoms in total. The number of carbonyl (C=O) groups excluding carboxylic acids is 2. The highest BCUT2D eigenvalue weighted by Crippen LogP contribution is 2.37. The van der Waals surface area contributed by atoms with Crippen molar-refractivity contribution in [2.45, 2.75) is 26.1 Å². The largest absolute Gasteiger partial charge is 0.497 e. The Morgan fingerprint density at radius 2 is 1.69 bits per heavy atom. The third-order valence-corrected chi connectivity index (χ3v) is 7.28. The van der Waals surface area contributed by atoms with Gasteiger partial charge in [0.05, 0.1) is 25.0 Å². The second-order valence-corrected chi connectivity index (χ2v) is 9.93. The van der Waals surface area contributed by atoms with E-state index in [1.807, 2.05) is 30.3 Å². The Hall–Kier alpha value is -4.58. The molecule has 42 heavy (non-hydrogen) atoms. The maximum Gasteiger partial charge on any atom is 0.433 e. The number of nitrogens with zero attached hydrogens (tertiary/aromatic N) is 6. The van der Waals surface area contributed by atoms with Gasteiger partial charge in [-0.25, -0.2) is 14.5 Å². The van der Waals surface area contributed by atoms with Crippen LogP contribution in [0.15, 0.2) is 65.8 Å². The summed E-state index contributed by atoms with van der Waals surface area (Å²) in [5.41, 5.74) is 0.243. The normalized spacial score (nSPS) is 15.3. The summed E-state index contributed by atoms with van der Waals surface area (Å²) >= 11 is 0. The molecule has 1 aliphatic heterocycles. The maximum absolute atomic E-state index is 14.3. The molecule has 0 bridgehead atoms. The van der Waals surface area contributed by atoms with Gasteiger partial charge in [0, 0.05) is 50.4 Å². The van der Waals surface area contributed by atoms with Crippen molar-refractivity contribution in [1.82, 2.24) is 24.4 Å². The number of alkyl halides is 3. The van der Waals surface area contributed by atoms with Gasteiger partial charge in [0.25, 0.3) is 5.91 Å². The number of rotatable bonds is 6. The highest BCUT2D eigenvalue weighted by atomic mass is 19.4. The molecule has 0 saturated carbocycles. The number of aliphatic imine (C=N–C) groups is 1. The van der Waals surface area contributed by atoms with Crippen LogP contribution in [0.1, 0.15) is 40.1 Å². The number of benzene rings is 2. The minimum atomic E-state index is -4.74. The first kappa shape index (κ1) is 28.9. The van der Waals surface area contributed by atoms with Gasteiger partial charge in [-0.1, -0.05) is 30.3 Å². The minimum absolute atomic E-state index is 0.0125. The van der Waals surface area contributed by atoms with Gasteiger partial charge in [0.2, 0.25) is 5.91 Å². The second-order valence-electron chi connectivity index (χ2n) is 9.93. The van der Waals surface area contributed by atoms with Gasteiger partial charge >= 0.3 is 6.18 Å². The van der Waals surface area contributed by atoms with Crippen LogP contribution in [0.25, 0.3) is 16.9 Å². The van der Waals surface area contributed by atoms with Crippen LogP contribution >= 0.6 is 0 Å². The Morgan fingerprint density at radius 3 is 2.29 bits per heavy atom. The second kappa shape index (κ2) is 11.7. The molecule has 0 unspecified atom stereocenters. The Morgan fingerprint density at radius 1 is 1.02 bits per heavy atom. The number of piperazine rings is 1. The van der Waals surface area contributed by atoms with E-state index in [2.05, 4.69) is 20.0 Å². The van der Waals surface area contributed by atoms with Crippen molar-refractivity contribution < 1.29 is 27.5 Å². The fraction of sp³-hybridized carbons (Fsp3) is 0.300. The van der Waals surface area contributed by atoms with Crippen LogP contribution in [0.4, 0.5) is 13.2 Å². The van der Waals surface area contributed by atoms with Crippen LogP contribution in [-0.2, 0) is 11.0 Å². The molecule has 4 aromatic rings. The van der Waals surface area contributed by atoms with Crippen molar-refractivity contribution in [3.63, 3.8) is 0 Å². The van der Waals surface area contributed by atoms with Crippen molar-refractivity contribution in [2.75, 3.05) is 33.3 Å². The summed E-state index contributed by atoms with van der Waals surface area (Å²) in [5.74, 6) is -0.216. The predicted molar refractivity (Wildman–Crippen MR) is 151 cm³/mol. The summed E-state index contributed by atoms with van der Waals surface area (Å²) in [5, 5.41) is 3.95. The summed E-state index contributed by atoms with van der Waals surface area (Å²) in [6.07, 6.45) is -1.99. The summed E-state index contributed by atoms with van der Waals surface area (Å²) in [4.78, 5) is 37.4.